The van der Waals surface area contributed by atoms with E-state index in [4.69, 9.17) is 21.4 Å². The van der Waals surface area contributed by atoms with Crippen LogP contribution in [0.5, 0.6) is 0 Å². The van der Waals surface area contributed by atoms with Crippen molar-refractivity contribution in [2.45, 2.75) is 38.0 Å². The lowest BCUT2D eigenvalue weighted by atomic mass is 9.82. The van der Waals surface area contributed by atoms with E-state index in [0.29, 0.717) is 17.5 Å². The first-order valence-corrected chi connectivity index (χ1v) is 14.4. The number of hydrogen-bond donors (Lipinski definition) is 1. The SMILES string of the molecule is COCC1CCN(c2cc(C(=O)NS(=O)(=O)CCl)nc3c2c(C2CCC2)nn3-c2ccccc2)CC1. The highest BCUT2D eigenvalue weighted by Gasteiger charge is 2.32. The number of rotatable bonds is 8. The molecule has 192 valence electrons. The monoisotopic (exact) mass is 531 g/mol. The molecule has 5 rings (SSSR count). The van der Waals surface area contributed by atoms with Crippen molar-refractivity contribution in [3.8, 4) is 5.69 Å². The summed E-state index contributed by atoms with van der Waals surface area (Å²) in [7, 11) is -2.24. The number of nitrogens with zero attached hydrogens (tertiary/aromatic N) is 4. The summed E-state index contributed by atoms with van der Waals surface area (Å²) in [5.41, 5.74) is 3.25. The molecule has 1 aromatic carbocycles. The number of sulfonamides is 1. The highest BCUT2D eigenvalue weighted by atomic mass is 35.5. The molecule has 0 unspecified atom stereocenters. The average molecular weight is 532 g/mol. The number of methoxy groups -OCH3 is 1. The molecule has 2 aliphatic rings. The predicted octanol–water partition coefficient (Wildman–Crippen LogP) is 3.81. The van der Waals surface area contributed by atoms with Crippen LogP contribution >= 0.6 is 11.6 Å². The van der Waals surface area contributed by atoms with Gasteiger partial charge in [-0.15, -0.1) is 11.6 Å². The molecule has 0 atom stereocenters. The van der Waals surface area contributed by atoms with Gasteiger partial charge in [-0.25, -0.2) is 22.8 Å². The van der Waals surface area contributed by atoms with Crippen molar-refractivity contribution in [3.63, 3.8) is 0 Å². The lowest BCUT2D eigenvalue weighted by Gasteiger charge is -2.34. The maximum atomic E-state index is 13.0. The number of benzene rings is 1. The van der Waals surface area contributed by atoms with Gasteiger partial charge < -0.3 is 9.64 Å². The van der Waals surface area contributed by atoms with E-state index < -0.39 is 21.1 Å². The van der Waals surface area contributed by atoms with Crippen LogP contribution in [0.3, 0.4) is 0 Å². The van der Waals surface area contributed by atoms with E-state index in [0.717, 1.165) is 74.3 Å². The summed E-state index contributed by atoms with van der Waals surface area (Å²) < 4.78 is 33.2. The van der Waals surface area contributed by atoms with E-state index in [-0.39, 0.29) is 5.69 Å². The zero-order valence-electron chi connectivity index (χ0n) is 20.2. The Morgan fingerprint density at radius 3 is 2.50 bits per heavy atom. The van der Waals surface area contributed by atoms with Gasteiger partial charge in [-0.3, -0.25) is 4.79 Å². The number of nitrogens with one attached hydrogen (secondary N) is 1. The number of anilines is 1. The number of carbonyl (C=O) groups is 1. The lowest BCUT2D eigenvalue weighted by Crippen LogP contribution is -2.36. The molecule has 0 bridgehead atoms. The minimum atomic E-state index is -3.96. The maximum absolute atomic E-state index is 13.0. The van der Waals surface area contributed by atoms with Crippen LogP contribution in [0.25, 0.3) is 16.7 Å². The second-order valence-corrected chi connectivity index (χ2v) is 11.8. The van der Waals surface area contributed by atoms with Crippen LogP contribution in [0.1, 0.15) is 54.2 Å². The number of aromatic nitrogens is 3. The summed E-state index contributed by atoms with van der Waals surface area (Å²) in [6.07, 6.45) is 5.21. The van der Waals surface area contributed by atoms with Gasteiger partial charge in [0.1, 0.15) is 10.9 Å². The zero-order chi connectivity index (χ0) is 25.3. The van der Waals surface area contributed by atoms with Crippen molar-refractivity contribution in [1.82, 2.24) is 19.5 Å². The molecule has 0 radical (unpaired) electrons. The van der Waals surface area contributed by atoms with Gasteiger partial charge in [0, 0.05) is 32.7 Å². The van der Waals surface area contributed by atoms with E-state index in [1.807, 2.05) is 35.1 Å². The molecule has 1 amide bonds. The van der Waals surface area contributed by atoms with Gasteiger partial charge in [-0.2, -0.15) is 5.10 Å². The summed E-state index contributed by atoms with van der Waals surface area (Å²) in [4.78, 5) is 19.9. The Hall–Kier alpha value is -2.69. The van der Waals surface area contributed by atoms with Gasteiger partial charge >= 0.3 is 0 Å². The first-order chi connectivity index (χ1) is 17.4. The zero-order valence-corrected chi connectivity index (χ0v) is 21.8. The number of ether oxygens (including phenoxy) is 1. The minimum Gasteiger partial charge on any atom is -0.384 e. The van der Waals surface area contributed by atoms with Gasteiger partial charge in [-0.1, -0.05) is 24.6 Å². The topological polar surface area (TPSA) is 106 Å². The standard InChI is InChI=1S/C25H30ClN5O4S/c1-35-15-17-10-12-30(13-11-17)21-14-20(25(32)29-36(33,34)16-26)27-24-22(21)23(18-6-5-7-18)28-31(24)19-8-3-2-4-9-19/h2-4,8-9,14,17-18H,5-7,10-13,15-16H2,1H3,(H,29,32). The lowest BCUT2D eigenvalue weighted by molar-refractivity contribution is 0.0977. The Balaban J connectivity index is 1.67. The Labute approximate surface area is 215 Å². The average Bonchev–Trinajstić information content (AvgIpc) is 3.22. The number of fused-ring (bicyclic) bond motifs is 1. The van der Waals surface area contributed by atoms with Gasteiger partial charge in [0.15, 0.2) is 5.65 Å². The Morgan fingerprint density at radius 2 is 1.89 bits per heavy atom. The summed E-state index contributed by atoms with van der Waals surface area (Å²) in [5.74, 6) is 0.0118. The van der Waals surface area contributed by atoms with Crippen LogP contribution in [-0.4, -0.2) is 61.1 Å². The molecule has 3 aromatic rings. The third-order valence-electron chi connectivity index (χ3n) is 7.12. The van der Waals surface area contributed by atoms with Crippen molar-refractivity contribution in [2.24, 2.45) is 5.92 Å². The molecule has 36 heavy (non-hydrogen) atoms. The number of alkyl halides is 1. The molecule has 2 fully saturated rings. The Bertz CT molecular complexity index is 1350. The third-order valence-corrected chi connectivity index (χ3v) is 8.76. The molecule has 1 saturated heterocycles. The van der Waals surface area contributed by atoms with Crippen molar-refractivity contribution in [3.05, 3.63) is 47.8 Å². The molecule has 0 spiro atoms. The van der Waals surface area contributed by atoms with E-state index in [2.05, 4.69) is 9.88 Å². The molecular weight excluding hydrogens is 502 g/mol. The van der Waals surface area contributed by atoms with Crippen LogP contribution in [0.4, 0.5) is 5.69 Å². The van der Waals surface area contributed by atoms with Gasteiger partial charge in [0.2, 0.25) is 10.0 Å². The smallest absolute Gasteiger partial charge is 0.283 e. The molecule has 1 aliphatic heterocycles. The molecule has 11 heteroatoms. The fourth-order valence-electron chi connectivity index (χ4n) is 5.00. The molecule has 1 saturated carbocycles. The van der Waals surface area contributed by atoms with Gasteiger partial charge in [0.05, 0.1) is 22.5 Å². The van der Waals surface area contributed by atoms with Crippen molar-refractivity contribution in [1.29, 1.82) is 0 Å². The van der Waals surface area contributed by atoms with Crippen molar-refractivity contribution < 1.29 is 17.9 Å². The van der Waals surface area contributed by atoms with E-state index >= 15 is 0 Å². The number of hydrogen-bond acceptors (Lipinski definition) is 7. The first-order valence-electron chi connectivity index (χ1n) is 12.2. The number of para-hydroxylation sites is 1. The molecule has 3 heterocycles. The fourth-order valence-corrected chi connectivity index (χ4v) is 5.61. The van der Waals surface area contributed by atoms with Crippen LogP contribution in [0.15, 0.2) is 36.4 Å². The second kappa shape index (κ2) is 10.4. The Kier molecular flexibility index (Phi) is 7.18. The number of piperidine rings is 1. The summed E-state index contributed by atoms with van der Waals surface area (Å²) in [6.45, 7) is 2.33. The van der Waals surface area contributed by atoms with Gasteiger partial charge in [0.25, 0.3) is 5.91 Å². The van der Waals surface area contributed by atoms with Crippen LogP contribution < -0.4 is 9.62 Å². The number of halogens is 1. The van der Waals surface area contributed by atoms with Crippen molar-refractivity contribution in [2.75, 3.05) is 36.9 Å². The second-order valence-electron chi connectivity index (χ2n) is 9.53. The Morgan fingerprint density at radius 1 is 1.17 bits per heavy atom. The predicted molar refractivity (Wildman–Crippen MR) is 139 cm³/mol. The third kappa shape index (κ3) is 4.94. The highest BCUT2D eigenvalue weighted by molar-refractivity contribution is 7.91. The summed E-state index contributed by atoms with van der Waals surface area (Å²) in [5, 5.41) is 5.23. The van der Waals surface area contributed by atoms with Crippen LogP contribution in [-0.2, 0) is 14.8 Å². The number of pyridine rings is 1. The number of amides is 1. The summed E-state index contributed by atoms with van der Waals surface area (Å²) in [6, 6.07) is 11.4. The molecular formula is C25H30ClN5O4S. The first kappa shape index (κ1) is 25.0. The van der Waals surface area contributed by atoms with Gasteiger partial charge in [-0.05, 0) is 49.8 Å². The highest BCUT2D eigenvalue weighted by Crippen LogP contribution is 2.43. The molecule has 9 nitrogen and oxygen atoms in total. The fraction of sp³-hybridized carbons (Fsp3) is 0.480. The van der Waals surface area contributed by atoms with E-state index in [1.165, 1.54) is 0 Å². The van der Waals surface area contributed by atoms with Crippen molar-refractivity contribution >= 4 is 44.3 Å². The largest absolute Gasteiger partial charge is 0.384 e. The van der Waals surface area contributed by atoms with Crippen LogP contribution in [0.2, 0.25) is 0 Å². The number of carbonyl (C=O) groups excluding carboxylic acids is 1. The van der Waals surface area contributed by atoms with E-state index in [1.54, 1.807) is 17.9 Å². The van der Waals surface area contributed by atoms with E-state index in [9.17, 15) is 13.2 Å². The molecule has 1 N–H and O–H groups in total. The quantitative estimate of drug-likeness (QED) is 0.440. The minimum absolute atomic E-state index is 0.0162. The maximum Gasteiger partial charge on any atom is 0.283 e. The summed E-state index contributed by atoms with van der Waals surface area (Å²) >= 11 is 5.52. The van der Waals surface area contributed by atoms with Crippen LogP contribution in [0, 0.1) is 5.92 Å². The molecule has 2 aromatic heterocycles. The molecule has 1 aliphatic carbocycles. The normalized spacial score (nSPS) is 17.3.